The molecule has 1 aliphatic rings. The van der Waals surface area contributed by atoms with Gasteiger partial charge in [-0.3, -0.25) is 4.79 Å². The van der Waals surface area contributed by atoms with E-state index in [9.17, 15) is 4.79 Å². The van der Waals surface area contributed by atoms with Crippen molar-refractivity contribution in [2.24, 2.45) is 11.7 Å². The van der Waals surface area contributed by atoms with Gasteiger partial charge < -0.3 is 10.6 Å². The number of halogens is 1. The molecule has 1 aromatic carbocycles. The van der Waals surface area contributed by atoms with Crippen LogP contribution in [0.5, 0.6) is 0 Å². The topological polar surface area (TPSA) is 46.3 Å². The molecule has 106 valence electrons. The molecule has 1 fully saturated rings. The average Bonchev–Trinajstić information content (AvgIpc) is 2.75. The molecule has 1 heterocycles. The number of amides is 1. The van der Waals surface area contributed by atoms with Crippen molar-refractivity contribution in [2.75, 3.05) is 13.1 Å². The summed E-state index contributed by atoms with van der Waals surface area (Å²) in [4.78, 5) is 14.3. The van der Waals surface area contributed by atoms with Crippen LogP contribution in [0, 0.1) is 19.8 Å². The molecule has 0 bridgehead atoms. The normalized spacial score (nSPS) is 20.0. The zero-order valence-electron chi connectivity index (χ0n) is 11.8. The van der Waals surface area contributed by atoms with Crippen LogP contribution in [-0.4, -0.2) is 29.9 Å². The first-order chi connectivity index (χ1) is 8.47. The summed E-state index contributed by atoms with van der Waals surface area (Å²) >= 11 is 0. The highest BCUT2D eigenvalue weighted by Crippen LogP contribution is 2.21. The van der Waals surface area contributed by atoms with Crippen LogP contribution in [0.1, 0.15) is 34.8 Å². The van der Waals surface area contributed by atoms with Crippen LogP contribution in [0.15, 0.2) is 18.2 Å². The monoisotopic (exact) mass is 282 g/mol. The number of aryl methyl sites for hydroxylation is 2. The Labute approximate surface area is 121 Å². The van der Waals surface area contributed by atoms with Crippen molar-refractivity contribution in [1.82, 2.24) is 4.90 Å². The van der Waals surface area contributed by atoms with Gasteiger partial charge in [0.25, 0.3) is 5.91 Å². The summed E-state index contributed by atoms with van der Waals surface area (Å²) in [5.41, 5.74) is 8.99. The molecule has 0 aliphatic carbocycles. The van der Waals surface area contributed by atoms with E-state index < -0.39 is 0 Å². The first kappa shape index (κ1) is 16.0. The lowest BCUT2D eigenvalue weighted by atomic mass is 10.0. The highest BCUT2D eigenvalue weighted by Gasteiger charge is 2.28. The third-order valence-electron chi connectivity index (χ3n) is 3.72. The molecule has 2 N–H and O–H groups in total. The van der Waals surface area contributed by atoms with Crippen molar-refractivity contribution in [2.45, 2.75) is 33.2 Å². The summed E-state index contributed by atoms with van der Waals surface area (Å²) < 4.78 is 0. The van der Waals surface area contributed by atoms with E-state index in [1.165, 1.54) is 0 Å². The molecule has 2 rings (SSSR count). The molecular formula is C15H23ClN2O. The first-order valence-corrected chi connectivity index (χ1v) is 6.60. The molecule has 0 aromatic heterocycles. The van der Waals surface area contributed by atoms with E-state index in [1.54, 1.807) is 0 Å². The molecule has 0 saturated carbocycles. The van der Waals surface area contributed by atoms with Crippen molar-refractivity contribution in [3.63, 3.8) is 0 Å². The van der Waals surface area contributed by atoms with Crippen LogP contribution >= 0.6 is 12.4 Å². The molecule has 19 heavy (non-hydrogen) atoms. The van der Waals surface area contributed by atoms with Gasteiger partial charge in [-0.1, -0.05) is 17.2 Å². The number of hydrogen-bond acceptors (Lipinski definition) is 2. The van der Waals surface area contributed by atoms with Crippen molar-refractivity contribution < 1.29 is 4.79 Å². The molecular weight excluding hydrogens is 260 g/mol. The Balaban J connectivity index is 0.00000180. The maximum Gasteiger partial charge on any atom is 0.253 e. The van der Waals surface area contributed by atoms with Crippen LogP contribution in [0.4, 0.5) is 0 Å². The summed E-state index contributed by atoms with van der Waals surface area (Å²) in [6.45, 7) is 7.70. The molecule has 1 aromatic rings. The minimum Gasteiger partial charge on any atom is -0.338 e. The summed E-state index contributed by atoms with van der Waals surface area (Å²) in [6.07, 6.45) is 1.02. The van der Waals surface area contributed by atoms with E-state index in [-0.39, 0.29) is 24.4 Å². The van der Waals surface area contributed by atoms with E-state index >= 15 is 0 Å². The number of carbonyl (C=O) groups excluding carboxylic acids is 1. The molecule has 3 nitrogen and oxygen atoms in total. The SMILES string of the molecule is Cc1cc(C)cc(C(=O)N2CCC(C(C)N)C2)c1.Cl. The van der Waals surface area contributed by atoms with E-state index in [0.717, 1.165) is 36.2 Å². The molecule has 1 aliphatic heterocycles. The van der Waals surface area contributed by atoms with Gasteiger partial charge in [0.1, 0.15) is 0 Å². The largest absolute Gasteiger partial charge is 0.338 e. The predicted molar refractivity (Wildman–Crippen MR) is 80.8 cm³/mol. The van der Waals surface area contributed by atoms with Gasteiger partial charge in [-0.15, -0.1) is 12.4 Å². The van der Waals surface area contributed by atoms with Crippen LogP contribution in [-0.2, 0) is 0 Å². The van der Waals surface area contributed by atoms with Crippen LogP contribution < -0.4 is 5.73 Å². The van der Waals surface area contributed by atoms with Crippen LogP contribution in [0.25, 0.3) is 0 Å². The van der Waals surface area contributed by atoms with Gasteiger partial charge in [0.15, 0.2) is 0 Å². The van der Waals surface area contributed by atoms with E-state index in [2.05, 4.69) is 6.07 Å². The Hall–Kier alpha value is -1.06. The number of hydrogen-bond donors (Lipinski definition) is 1. The van der Waals surface area contributed by atoms with Gasteiger partial charge in [-0.25, -0.2) is 0 Å². The fourth-order valence-corrected chi connectivity index (χ4v) is 2.68. The van der Waals surface area contributed by atoms with Crippen molar-refractivity contribution >= 4 is 18.3 Å². The second kappa shape index (κ2) is 6.40. The molecule has 4 heteroatoms. The van der Waals surface area contributed by atoms with Gasteiger partial charge in [0.05, 0.1) is 0 Å². The fraction of sp³-hybridized carbons (Fsp3) is 0.533. The van der Waals surface area contributed by atoms with Crippen LogP contribution in [0.3, 0.4) is 0 Å². The average molecular weight is 283 g/mol. The van der Waals surface area contributed by atoms with Crippen molar-refractivity contribution in [3.05, 3.63) is 34.9 Å². The van der Waals surface area contributed by atoms with E-state index in [4.69, 9.17) is 5.73 Å². The summed E-state index contributed by atoms with van der Waals surface area (Å²) in [5, 5.41) is 0. The lowest BCUT2D eigenvalue weighted by Crippen LogP contribution is -2.33. The Morgan fingerprint density at radius 1 is 1.32 bits per heavy atom. The second-order valence-corrected chi connectivity index (χ2v) is 5.54. The minimum absolute atomic E-state index is 0. The lowest BCUT2D eigenvalue weighted by molar-refractivity contribution is 0.0786. The predicted octanol–water partition coefficient (Wildman–Crippen LogP) is 2.53. The van der Waals surface area contributed by atoms with Gasteiger partial charge in [-0.05, 0) is 45.2 Å². The van der Waals surface area contributed by atoms with Crippen molar-refractivity contribution in [3.8, 4) is 0 Å². The first-order valence-electron chi connectivity index (χ1n) is 6.60. The number of rotatable bonds is 2. The number of nitrogens with two attached hydrogens (primary N) is 1. The molecule has 1 saturated heterocycles. The standard InChI is InChI=1S/C15H22N2O.ClH/c1-10-6-11(2)8-14(7-10)15(18)17-5-4-13(9-17)12(3)16;/h6-8,12-13H,4-5,9,16H2,1-3H3;1H. The zero-order valence-corrected chi connectivity index (χ0v) is 12.7. The number of nitrogens with zero attached hydrogens (tertiary/aromatic N) is 1. The quantitative estimate of drug-likeness (QED) is 0.906. The minimum atomic E-state index is 0. The Morgan fingerprint density at radius 3 is 2.37 bits per heavy atom. The number of carbonyl (C=O) groups is 1. The molecule has 2 unspecified atom stereocenters. The van der Waals surface area contributed by atoms with Gasteiger partial charge in [0, 0.05) is 24.7 Å². The molecule has 0 radical (unpaired) electrons. The highest BCUT2D eigenvalue weighted by atomic mass is 35.5. The number of benzene rings is 1. The van der Waals surface area contributed by atoms with E-state index in [1.807, 2.05) is 37.8 Å². The zero-order chi connectivity index (χ0) is 13.3. The second-order valence-electron chi connectivity index (χ2n) is 5.54. The van der Waals surface area contributed by atoms with E-state index in [0.29, 0.717) is 5.92 Å². The van der Waals surface area contributed by atoms with Crippen LogP contribution in [0.2, 0.25) is 0 Å². The lowest BCUT2D eigenvalue weighted by Gasteiger charge is -2.18. The smallest absolute Gasteiger partial charge is 0.253 e. The Morgan fingerprint density at radius 2 is 1.89 bits per heavy atom. The Bertz CT molecular complexity index is 439. The highest BCUT2D eigenvalue weighted by molar-refractivity contribution is 5.94. The third-order valence-corrected chi connectivity index (χ3v) is 3.72. The van der Waals surface area contributed by atoms with Gasteiger partial charge in [0.2, 0.25) is 0 Å². The number of likely N-dealkylation sites (tertiary alicyclic amines) is 1. The molecule has 1 amide bonds. The maximum atomic E-state index is 12.4. The maximum absolute atomic E-state index is 12.4. The van der Waals surface area contributed by atoms with Gasteiger partial charge >= 0.3 is 0 Å². The van der Waals surface area contributed by atoms with Crippen molar-refractivity contribution in [1.29, 1.82) is 0 Å². The molecule has 0 spiro atoms. The molecule has 2 atom stereocenters. The summed E-state index contributed by atoms with van der Waals surface area (Å²) in [7, 11) is 0. The fourth-order valence-electron chi connectivity index (χ4n) is 2.68. The van der Waals surface area contributed by atoms with Gasteiger partial charge in [-0.2, -0.15) is 0 Å². The summed E-state index contributed by atoms with van der Waals surface area (Å²) in [6, 6.07) is 6.19. The Kier molecular flexibility index (Phi) is 5.39. The summed E-state index contributed by atoms with van der Waals surface area (Å²) in [5.74, 6) is 0.588. The third kappa shape index (κ3) is 3.71.